The number of amides is 2. The van der Waals surface area contributed by atoms with Gasteiger partial charge in [-0.25, -0.2) is 0 Å². The predicted octanol–water partition coefficient (Wildman–Crippen LogP) is 1.73. The van der Waals surface area contributed by atoms with Crippen LogP contribution >= 0.6 is 0 Å². The lowest BCUT2D eigenvalue weighted by Gasteiger charge is -2.16. The van der Waals surface area contributed by atoms with E-state index in [1.165, 1.54) is 0 Å². The lowest BCUT2D eigenvalue weighted by Crippen LogP contribution is -2.46. The Morgan fingerprint density at radius 2 is 2.00 bits per heavy atom. The van der Waals surface area contributed by atoms with E-state index in [-0.39, 0.29) is 11.8 Å². The number of nitrogens with one attached hydrogen (secondary N) is 2. The Balaban J connectivity index is 2.13. The molecule has 2 rings (SSSR count). The molecule has 0 saturated heterocycles. The van der Waals surface area contributed by atoms with Gasteiger partial charge in [0.15, 0.2) is 0 Å². The van der Waals surface area contributed by atoms with E-state index in [2.05, 4.69) is 10.3 Å². The number of carbonyl (C=O) groups is 2. The van der Waals surface area contributed by atoms with Crippen molar-refractivity contribution in [1.29, 1.82) is 0 Å². The number of nitrogens with two attached hydrogens (primary N) is 1. The van der Waals surface area contributed by atoms with Gasteiger partial charge in [0.1, 0.15) is 6.04 Å². The van der Waals surface area contributed by atoms with Crippen LogP contribution in [0.4, 0.5) is 0 Å². The van der Waals surface area contributed by atoms with Gasteiger partial charge in [-0.15, -0.1) is 0 Å². The molecule has 1 atom stereocenters. The van der Waals surface area contributed by atoms with Crippen LogP contribution in [0, 0.1) is 5.92 Å². The largest absolute Gasteiger partial charge is 0.368 e. The zero-order valence-corrected chi connectivity index (χ0v) is 12.3. The quantitative estimate of drug-likeness (QED) is 0.755. The van der Waals surface area contributed by atoms with E-state index < -0.39 is 11.9 Å². The van der Waals surface area contributed by atoms with E-state index in [9.17, 15) is 9.59 Å². The monoisotopic (exact) mass is 287 g/mol. The number of primary amides is 1. The molecule has 21 heavy (non-hydrogen) atoms. The zero-order chi connectivity index (χ0) is 15.4. The van der Waals surface area contributed by atoms with Gasteiger partial charge < -0.3 is 16.0 Å². The van der Waals surface area contributed by atoms with E-state index in [0.717, 1.165) is 16.5 Å². The summed E-state index contributed by atoms with van der Waals surface area (Å²) in [4.78, 5) is 26.6. The van der Waals surface area contributed by atoms with Crippen LogP contribution in [-0.2, 0) is 16.0 Å². The first-order valence-corrected chi connectivity index (χ1v) is 7.11. The summed E-state index contributed by atoms with van der Waals surface area (Å²) in [5, 5.41) is 3.77. The van der Waals surface area contributed by atoms with Crippen LogP contribution in [0.2, 0.25) is 0 Å². The minimum atomic E-state index is -0.685. The molecule has 0 bridgehead atoms. The predicted molar refractivity (Wildman–Crippen MR) is 82.6 cm³/mol. The van der Waals surface area contributed by atoms with Gasteiger partial charge >= 0.3 is 0 Å². The van der Waals surface area contributed by atoms with Crippen LogP contribution < -0.4 is 11.1 Å². The van der Waals surface area contributed by atoms with Crippen LogP contribution in [-0.4, -0.2) is 22.8 Å². The summed E-state index contributed by atoms with van der Waals surface area (Å²) in [6, 6.07) is 7.15. The topological polar surface area (TPSA) is 88.0 Å². The van der Waals surface area contributed by atoms with Crippen molar-refractivity contribution in [2.24, 2.45) is 11.7 Å². The molecular weight excluding hydrogens is 266 g/mol. The SMILES string of the molecule is CC(C)CC(=O)N[C@@H](Cc1c[nH]c2ccccc12)C(N)=O. The molecule has 4 N–H and O–H groups in total. The van der Waals surface area contributed by atoms with Gasteiger partial charge in [-0.1, -0.05) is 32.0 Å². The van der Waals surface area contributed by atoms with Gasteiger partial charge in [0.25, 0.3) is 0 Å². The van der Waals surface area contributed by atoms with Crippen molar-refractivity contribution in [3.63, 3.8) is 0 Å². The smallest absolute Gasteiger partial charge is 0.240 e. The van der Waals surface area contributed by atoms with Crippen LogP contribution in [0.3, 0.4) is 0 Å². The normalized spacial score (nSPS) is 12.5. The van der Waals surface area contributed by atoms with E-state index in [1.807, 2.05) is 44.3 Å². The fourth-order valence-electron chi connectivity index (χ4n) is 2.37. The third-order valence-electron chi connectivity index (χ3n) is 3.37. The van der Waals surface area contributed by atoms with Crippen LogP contribution in [0.5, 0.6) is 0 Å². The van der Waals surface area contributed by atoms with Gasteiger partial charge in [-0.05, 0) is 17.5 Å². The highest BCUT2D eigenvalue weighted by molar-refractivity contribution is 5.88. The first kappa shape index (κ1) is 15.1. The summed E-state index contributed by atoms with van der Waals surface area (Å²) in [6.45, 7) is 3.91. The molecule has 2 amide bonds. The molecule has 2 aromatic rings. The van der Waals surface area contributed by atoms with Crippen molar-refractivity contribution in [2.75, 3.05) is 0 Å². The highest BCUT2D eigenvalue weighted by Gasteiger charge is 2.20. The lowest BCUT2D eigenvalue weighted by molar-refractivity contribution is -0.127. The maximum Gasteiger partial charge on any atom is 0.240 e. The molecule has 0 unspecified atom stereocenters. The molecule has 0 spiro atoms. The van der Waals surface area contributed by atoms with E-state index in [4.69, 9.17) is 5.73 Å². The molecule has 1 heterocycles. The Hall–Kier alpha value is -2.30. The maximum atomic E-state index is 11.8. The highest BCUT2D eigenvalue weighted by Crippen LogP contribution is 2.19. The summed E-state index contributed by atoms with van der Waals surface area (Å²) in [7, 11) is 0. The molecule has 1 aromatic heterocycles. The second-order valence-corrected chi connectivity index (χ2v) is 5.68. The number of benzene rings is 1. The average molecular weight is 287 g/mol. The van der Waals surface area contributed by atoms with Crippen molar-refractivity contribution in [1.82, 2.24) is 10.3 Å². The molecule has 0 radical (unpaired) electrons. The molecule has 5 heteroatoms. The van der Waals surface area contributed by atoms with Gasteiger partial charge in [-0.3, -0.25) is 9.59 Å². The van der Waals surface area contributed by atoms with E-state index in [1.54, 1.807) is 0 Å². The number of H-pyrrole nitrogens is 1. The van der Waals surface area contributed by atoms with E-state index in [0.29, 0.717) is 12.8 Å². The fourth-order valence-corrected chi connectivity index (χ4v) is 2.37. The number of rotatable bonds is 6. The van der Waals surface area contributed by atoms with Crippen LogP contribution in [0.1, 0.15) is 25.8 Å². The number of hydrogen-bond donors (Lipinski definition) is 3. The van der Waals surface area contributed by atoms with Crippen molar-refractivity contribution in [3.05, 3.63) is 36.0 Å². The van der Waals surface area contributed by atoms with Gasteiger partial charge in [0, 0.05) is 29.9 Å². The number of para-hydroxylation sites is 1. The summed E-state index contributed by atoms with van der Waals surface area (Å²) in [6.07, 6.45) is 2.63. The molecule has 0 aliphatic carbocycles. The molecule has 5 nitrogen and oxygen atoms in total. The zero-order valence-electron chi connectivity index (χ0n) is 12.3. The summed E-state index contributed by atoms with van der Waals surface area (Å²) < 4.78 is 0. The number of fused-ring (bicyclic) bond motifs is 1. The Morgan fingerprint density at radius 3 is 2.67 bits per heavy atom. The average Bonchev–Trinajstić information content (AvgIpc) is 2.80. The van der Waals surface area contributed by atoms with Crippen LogP contribution in [0.25, 0.3) is 10.9 Å². The molecule has 0 saturated carbocycles. The molecular formula is C16H21N3O2. The third kappa shape index (κ3) is 3.84. The second kappa shape index (κ2) is 6.43. The van der Waals surface area contributed by atoms with Crippen LogP contribution in [0.15, 0.2) is 30.5 Å². The van der Waals surface area contributed by atoms with E-state index >= 15 is 0 Å². The summed E-state index contributed by atoms with van der Waals surface area (Å²) >= 11 is 0. The first-order valence-electron chi connectivity index (χ1n) is 7.11. The minimum absolute atomic E-state index is 0.145. The van der Waals surface area contributed by atoms with Gasteiger partial charge in [-0.2, -0.15) is 0 Å². The lowest BCUT2D eigenvalue weighted by atomic mass is 10.0. The highest BCUT2D eigenvalue weighted by atomic mass is 16.2. The number of carbonyl (C=O) groups excluding carboxylic acids is 2. The summed E-state index contributed by atoms with van der Waals surface area (Å²) in [5.74, 6) is -0.419. The van der Waals surface area contributed by atoms with Gasteiger partial charge in [0.2, 0.25) is 11.8 Å². The summed E-state index contributed by atoms with van der Waals surface area (Å²) in [5.41, 5.74) is 7.39. The van der Waals surface area contributed by atoms with Crippen molar-refractivity contribution < 1.29 is 9.59 Å². The number of aromatic nitrogens is 1. The first-order chi connectivity index (χ1) is 9.97. The Bertz CT molecular complexity index is 646. The van der Waals surface area contributed by atoms with Gasteiger partial charge in [0.05, 0.1) is 0 Å². The molecule has 0 fully saturated rings. The molecule has 0 aliphatic heterocycles. The molecule has 112 valence electrons. The minimum Gasteiger partial charge on any atom is -0.368 e. The van der Waals surface area contributed by atoms with Crippen molar-refractivity contribution in [2.45, 2.75) is 32.7 Å². The molecule has 0 aliphatic rings. The maximum absolute atomic E-state index is 11.8. The van der Waals surface area contributed by atoms with Crippen molar-refractivity contribution >= 4 is 22.7 Å². The Morgan fingerprint density at radius 1 is 1.29 bits per heavy atom. The standard InChI is InChI=1S/C16H21N3O2/c1-10(2)7-15(20)19-14(16(17)21)8-11-9-18-13-6-4-3-5-12(11)13/h3-6,9-10,14,18H,7-8H2,1-2H3,(H2,17,21)(H,19,20)/t14-/m0/s1. The fraction of sp³-hybridized carbons (Fsp3) is 0.375. The Kier molecular flexibility index (Phi) is 4.62. The number of aromatic amines is 1. The third-order valence-corrected chi connectivity index (χ3v) is 3.37. The molecule has 1 aromatic carbocycles. The second-order valence-electron chi connectivity index (χ2n) is 5.68. The number of hydrogen-bond acceptors (Lipinski definition) is 2. The van der Waals surface area contributed by atoms with Crippen molar-refractivity contribution in [3.8, 4) is 0 Å². The Labute approximate surface area is 123 Å².